The Hall–Kier alpha value is -2.21. The Labute approximate surface area is 294 Å². The molecule has 0 bridgehead atoms. The molecule has 2 aromatic carbocycles. The maximum Gasteiger partial charge on any atom is 0.263 e. The number of nitrogens with zero attached hydrogens (tertiary/aromatic N) is 1. The van der Waals surface area contributed by atoms with Gasteiger partial charge >= 0.3 is 0 Å². The van der Waals surface area contributed by atoms with Crippen molar-refractivity contribution < 1.29 is 28.3 Å². The van der Waals surface area contributed by atoms with Crippen molar-refractivity contribution in [2.24, 2.45) is 23.5 Å². The number of aliphatic hydroxyl groups is 1. The van der Waals surface area contributed by atoms with E-state index < -0.39 is 11.0 Å². The maximum absolute atomic E-state index is 13.4. The van der Waals surface area contributed by atoms with Gasteiger partial charge in [0.15, 0.2) is 6.29 Å². The number of amides is 1. The molecular formula is C37H56ClN3O6S. The van der Waals surface area contributed by atoms with Gasteiger partial charge in [-0.2, -0.15) is 0 Å². The summed E-state index contributed by atoms with van der Waals surface area (Å²) in [5, 5.41) is 7.61. The van der Waals surface area contributed by atoms with E-state index in [1.165, 1.54) is 11.1 Å². The van der Waals surface area contributed by atoms with Crippen LogP contribution >= 0.6 is 11.6 Å². The number of benzene rings is 2. The third kappa shape index (κ3) is 9.94. The Morgan fingerprint density at radius 3 is 2.46 bits per heavy atom. The van der Waals surface area contributed by atoms with Gasteiger partial charge in [0.2, 0.25) is 0 Å². The zero-order chi connectivity index (χ0) is 34.8. The number of fused-ring (bicyclic) bond motifs is 1. The zero-order valence-electron chi connectivity index (χ0n) is 29.3. The molecule has 2 heterocycles. The number of carbonyl (C=O) groups excluding carboxylic acids is 1. The largest absolute Gasteiger partial charge is 0.491 e. The Morgan fingerprint density at radius 1 is 1.06 bits per heavy atom. The molecule has 268 valence electrons. The Bertz CT molecular complexity index is 1360. The van der Waals surface area contributed by atoms with E-state index in [0.717, 1.165) is 81.6 Å². The van der Waals surface area contributed by atoms with Gasteiger partial charge in [0, 0.05) is 43.1 Å². The number of ether oxygens (including phenoxy) is 3. The van der Waals surface area contributed by atoms with Crippen LogP contribution in [0, 0.1) is 17.8 Å². The molecule has 11 heteroatoms. The lowest BCUT2D eigenvalue weighted by molar-refractivity contribution is -0.198. The first-order valence-corrected chi connectivity index (χ1v) is 19.2. The summed E-state index contributed by atoms with van der Waals surface area (Å²) in [4.78, 5) is 15.8. The van der Waals surface area contributed by atoms with Gasteiger partial charge in [0.1, 0.15) is 16.7 Å². The smallest absolute Gasteiger partial charge is 0.263 e. The second-order valence-corrected chi connectivity index (χ2v) is 15.6. The van der Waals surface area contributed by atoms with Crippen LogP contribution in [0.2, 0.25) is 5.02 Å². The molecular weight excluding hydrogens is 650 g/mol. The first-order chi connectivity index (χ1) is 23.2. The number of nitrogens with one attached hydrogen (secondary N) is 1. The fraction of sp³-hybridized carbons (Fsp3) is 0.649. The van der Waals surface area contributed by atoms with E-state index in [9.17, 15) is 9.00 Å². The van der Waals surface area contributed by atoms with E-state index in [0.29, 0.717) is 37.2 Å². The summed E-state index contributed by atoms with van der Waals surface area (Å²) >= 11 is 6.43. The average Bonchev–Trinajstić information content (AvgIpc) is 3.26. The molecule has 0 radical (unpaired) electrons. The third-order valence-electron chi connectivity index (χ3n) is 10.1. The number of aliphatic hydroxyl groups excluding tert-OH is 1. The Kier molecular flexibility index (Phi) is 15.0. The van der Waals surface area contributed by atoms with Crippen molar-refractivity contribution in [3.63, 3.8) is 0 Å². The number of nitrogens with two attached hydrogens (primary N) is 1. The van der Waals surface area contributed by atoms with Crippen LogP contribution in [0.3, 0.4) is 0 Å². The maximum atomic E-state index is 13.4. The van der Waals surface area contributed by atoms with Crippen molar-refractivity contribution in [2.45, 2.75) is 96.1 Å². The number of hydrogen-bond acceptors (Lipinski definition) is 8. The molecule has 2 aromatic rings. The lowest BCUT2D eigenvalue weighted by atomic mass is 9.71. The molecule has 2 fully saturated rings. The van der Waals surface area contributed by atoms with Crippen molar-refractivity contribution in [2.75, 3.05) is 44.9 Å². The van der Waals surface area contributed by atoms with Crippen molar-refractivity contribution in [3.8, 4) is 5.75 Å². The van der Waals surface area contributed by atoms with Crippen molar-refractivity contribution in [3.05, 3.63) is 58.1 Å². The van der Waals surface area contributed by atoms with Gasteiger partial charge in [0.05, 0.1) is 36.8 Å². The van der Waals surface area contributed by atoms with E-state index in [1.54, 1.807) is 6.07 Å². The Balaban J connectivity index is 0.00000255. The topological polar surface area (TPSA) is 123 Å². The van der Waals surface area contributed by atoms with E-state index in [4.69, 9.17) is 36.7 Å². The van der Waals surface area contributed by atoms with Crippen LogP contribution in [-0.4, -0.2) is 72.8 Å². The standard InChI is InChI=1S/C36H52ClN3O5S.CH4O/c1-5-7-23(3)24(4)46(42)39-36(41)27-11-14-34-33(16-27)40(18-28-10-9-25(28)17-35-44-21-31(38)22-45-35)19-29(20-43-34)32-13-12-30(37)15-26(32)8-6-2;1-2/h11-16,23-25,28-29,31,35H,5-10,17-22,38H2,1-4H3,(H,39,41);2H,1H3. The third-order valence-corrected chi connectivity index (χ3v) is 11.9. The molecule has 1 saturated carbocycles. The van der Waals surface area contributed by atoms with Crippen LogP contribution in [0.25, 0.3) is 0 Å². The monoisotopic (exact) mass is 705 g/mol. The summed E-state index contributed by atoms with van der Waals surface area (Å²) in [6, 6.07) is 11.7. The van der Waals surface area contributed by atoms with Crippen molar-refractivity contribution in [1.29, 1.82) is 0 Å². The highest BCUT2D eigenvalue weighted by Crippen LogP contribution is 2.43. The highest BCUT2D eigenvalue weighted by molar-refractivity contribution is 7.84. The van der Waals surface area contributed by atoms with Crippen LogP contribution in [0.15, 0.2) is 36.4 Å². The summed E-state index contributed by atoms with van der Waals surface area (Å²) in [6.07, 6.45) is 6.89. The number of carbonyl (C=O) groups is 1. The average molecular weight is 706 g/mol. The first kappa shape index (κ1) is 38.6. The second kappa shape index (κ2) is 18.7. The van der Waals surface area contributed by atoms with Gasteiger partial charge < -0.3 is 30.0 Å². The van der Waals surface area contributed by atoms with E-state index in [-0.39, 0.29) is 35.3 Å². The van der Waals surface area contributed by atoms with Gasteiger partial charge in [-0.05, 0) is 91.8 Å². The molecule has 1 aliphatic carbocycles. The Morgan fingerprint density at radius 2 is 1.79 bits per heavy atom. The lowest BCUT2D eigenvalue weighted by Crippen LogP contribution is -2.45. The summed E-state index contributed by atoms with van der Waals surface area (Å²) in [5.41, 5.74) is 9.87. The van der Waals surface area contributed by atoms with E-state index >= 15 is 0 Å². The highest BCUT2D eigenvalue weighted by Gasteiger charge is 2.37. The van der Waals surface area contributed by atoms with Crippen molar-refractivity contribution >= 4 is 34.2 Å². The van der Waals surface area contributed by atoms with Crippen LogP contribution in [-0.2, 0) is 26.9 Å². The normalized spacial score (nSPS) is 25.6. The molecule has 6 unspecified atom stereocenters. The van der Waals surface area contributed by atoms with Crippen LogP contribution in [0.5, 0.6) is 5.75 Å². The summed E-state index contributed by atoms with van der Waals surface area (Å²) < 4.78 is 34.1. The predicted molar refractivity (Wildman–Crippen MR) is 194 cm³/mol. The quantitative estimate of drug-likeness (QED) is 0.225. The summed E-state index contributed by atoms with van der Waals surface area (Å²) in [6.45, 7) is 11.5. The lowest BCUT2D eigenvalue weighted by Gasteiger charge is -2.43. The number of anilines is 1. The fourth-order valence-electron chi connectivity index (χ4n) is 7.01. The van der Waals surface area contributed by atoms with Gasteiger partial charge in [-0.1, -0.05) is 51.3 Å². The minimum atomic E-state index is -1.48. The van der Waals surface area contributed by atoms with Gasteiger partial charge in [-0.25, -0.2) is 4.21 Å². The van der Waals surface area contributed by atoms with Gasteiger partial charge in [-0.15, -0.1) is 0 Å². The molecule has 0 spiro atoms. The number of aryl methyl sites for hydroxylation is 1. The zero-order valence-corrected chi connectivity index (χ0v) is 30.9. The molecule has 1 amide bonds. The minimum absolute atomic E-state index is 0.0591. The molecule has 5 rings (SSSR count). The van der Waals surface area contributed by atoms with E-state index in [2.05, 4.69) is 42.5 Å². The SMILES string of the molecule is CCCc1cc(Cl)ccc1C1COc2ccc(C(=O)NS(=O)C(C)C(C)CCC)cc2N(CC2CCC2CC2OCC(N)CO2)C1.CO. The van der Waals surface area contributed by atoms with E-state index in [1.807, 2.05) is 25.1 Å². The molecule has 0 aromatic heterocycles. The molecule has 4 N–H and O–H groups in total. The van der Waals surface area contributed by atoms with Crippen LogP contribution in [0.4, 0.5) is 5.69 Å². The predicted octanol–water partition coefficient (Wildman–Crippen LogP) is 6.22. The number of halogens is 1. The highest BCUT2D eigenvalue weighted by atomic mass is 35.5. The van der Waals surface area contributed by atoms with Gasteiger partial charge in [-0.3, -0.25) is 9.52 Å². The van der Waals surface area contributed by atoms with Gasteiger partial charge in [0.25, 0.3) is 5.91 Å². The van der Waals surface area contributed by atoms with Crippen molar-refractivity contribution in [1.82, 2.24) is 4.72 Å². The molecule has 9 nitrogen and oxygen atoms in total. The first-order valence-electron chi connectivity index (χ1n) is 17.6. The van der Waals surface area contributed by atoms with Crippen LogP contribution in [0.1, 0.15) is 93.6 Å². The van der Waals surface area contributed by atoms with Crippen LogP contribution < -0.4 is 20.1 Å². The molecule has 3 aliphatic rings. The number of hydrogen-bond donors (Lipinski definition) is 3. The summed E-state index contributed by atoms with van der Waals surface area (Å²) in [5.74, 6) is 1.76. The fourth-order valence-corrected chi connectivity index (χ4v) is 8.25. The summed E-state index contributed by atoms with van der Waals surface area (Å²) in [7, 11) is -0.477. The molecule has 1 saturated heterocycles. The molecule has 48 heavy (non-hydrogen) atoms. The molecule has 2 aliphatic heterocycles. The second-order valence-electron chi connectivity index (χ2n) is 13.6. The minimum Gasteiger partial charge on any atom is -0.491 e. The number of rotatable bonds is 13. The molecule has 6 atom stereocenters.